The fraction of sp³-hybridized carbons (Fsp3) is 0.111. The molecule has 0 bridgehead atoms. The van der Waals surface area contributed by atoms with Crippen LogP contribution < -0.4 is 10.6 Å². The number of amides is 1. The maximum Gasteiger partial charge on any atom is 0.270 e. The van der Waals surface area contributed by atoms with Gasteiger partial charge in [-0.15, -0.1) is 0 Å². The minimum atomic E-state index is -0.215. The lowest BCUT2D eigenvalue weighted by molar-refractivity contribution is 0.0946. The summed E-state index contributed by atoms with van der Waals surface area (Å²) >= 11 is 0. The van der Waals surface area contributed by atoms with Crippen LogP contribution in [0.3, 0.4) is 0 Å². The topological polar surface area (TPSA) is 79.8 Å². The zero-order chi connectivity index (χ0) is 16.6. The summed E-state index contributed by atoms with van der Waals surface area (Å²) in [6.45, 7) is 1.03. The van der Waals surface area contributed by atoms with Gasteiger partial charge >= 0.3 is 0 Å². The van der Waals surface area contributed by atoms with Gasteiger partial charge in [0.25, 0.3) is 5.91 Å². The third-order valence-corrected chi connectivity index (χ3v) is 3.39. The Balaban J connectivity index is 1.59. The first-order valence-corrected chi connectivity index (χ1v) is 7.58. The van der Waals surface area contributed by atoms with Crippen molar-refractivity contribution in [3.63, 3.8) is 0 Å². The minimum absolute atomic E-state index is 0.215. The van der Waals surface area contributed by atoms with Crippen LogP contribution in [0.25, 0.3) is 0 Å². The van der Waals surface area contributed by atoms with Gasteiger partial charge in [0.2, 0.25) is 0 Å². The number of nitrogens with zero attached hydrogens (tertiary/aromatic N) is 3. The summed E-state index contributed by atoms with van der Waals surface area (Å²) in [5, 5.41) is 6.09. The third kappa shape index (κ3) is 4.36. The van der Waals surface area contributed by atoms with Crippen molar-refractivity contribution < 1.29 is 4.79 Å². The van der Waals surface area contributed by atoms with E-state index in [1.165, 1.54) is 0 Å². The second-order valence-electron chi connectivity index (χ2n) is 5.14. The molecule has 3 aromatic rings. The molecule has 0 saturated heterocycles. The molecule has 0 atom stereocenters. The van der Waals surface area contributed by atoms with E-state index in [2.05, 4.69) is 25.6 Å². The SMILES string of the molecule is O=C(NCc1ccncc1)c1cc(NCc2ccccn2)ccn1. The van der Waals surface area contributed by atoms with E-state index in [9.17, 15) is 4.79 Å². The van der Waals surface area contributed by atoms with E-state index < -0.39 is 0 Å². The molecular formula is C18H17N5O. The van der Waals surface area contributed by atoms with Crippen molar-refractivity contribution in [2.45, 2.75) is 13.1 Å². The van der Waals surface area contributed by atoms with Gasteiger partial charge in [0, 0.05) is 37.0 Å². The molecule has 6 heteroatoms. The predicted octanol–water partition coefficient (Wildman–Crippen LogP) is 2.41. The van der Waals surface area contributed by atoms with Crippen LogP contribution in [0, 0.1) is 0 Å². The predicted molar refractivity (Wildman–Crippen MR) is 91.2 cm³/mol. The average molecular weight is 319 g/mol. The highest BCUT2D eigenvalue weighted by Crippen LogP contribution is 2.10. The van der Waals surface area contributed by atoms with E-state index in [1.54, 1.807) is 30.9 Å². The Morgan fingerprint density at radius 3 is 2.58 bits per heavy atom. The standard InChI is InChI=1S/C18H17N5O/c24-18(23-12-14-4-8-19-9-5-14)17-11-15(6-10-21-17)22-13-16-3-1-2-7-20-16/h1-11H,12-13H2,(H,21,22)(H,23,24). The van der Waals surface area contributed by atoms with Crippen molar-refractivity contribution in [3.05, 3.63) is 84.2 Å². The number of hydrogen-bond donors (Lipinski definition) is 2. The third-order valence-electron chi connectivity index (χ3n) is 3.39. The van der Waals surface area contributed by atoms with Gasteiger partial charge in [0.05, 0.1) is 12.2 Å². The highest BCUT2D eigenvalue weighted by molar-refractivity contribution is 5.93. The molecule has 0 fully saturated rings. The average Bonchev–Trinajstić information content (AvgIpc) is 2.66. The number of rotatable bonds is 6. The monoisotopic (exact) mass is 319 g/mol. The number of carbonyl (C=O) groups excluding carboxylic acids is 1. The van der Waals surface area contributed by atoms with Crippen molar-refractivity contribution in [3.8, 4) is 0 Å². The summed E-state index contributed by atoms with van der Waals surface area (Å²) in [5.74, 6) is -0.215. The van der Waals surface area contributed by atoms with E-state index in [4.69, 9.17) is 0 Å². The van der Waals surface area contributed by atoms with Gasteiger partial charge in [-0.05, 0) is 42.0 Å². The molecule has 2 N–H and O–H groups in total. The Bertz CT molecular complexity index is 793. The fourth-order valence-corrected chi connectivity index (χ4v) is 2.13. The summed E-state index contributed by atoms with van der Waals surface area (Å²) in [6.07, 6.45) is 6.76. The first-order chi connectivity index (χ1) is 11.8. The first kappa shape index (κ1) is 15.6. The van der Waals surface area contributed by atoms with Crippen LogP contribution in [0.1, 0.15) is 21.7 Å². The lowest BCUT2D eigenvalue weighted by atomic mass is 10.2. The number of aromatic nitrogens is 3. The molecule has 0 aliphatic carbocycles. The molecule has 120 valence electrons. The van der Waals surface area contributed by atoms with Crippen molar-refractivity contribution in [2.75, 3.05) is 5.32 Å². The fourth-order valence-electron chi connectivity index (χ4n) is 2.13. The van der Waals surface area contributed by atoms with E-state index in [1.807, 2.05) is 36.4 Å². The number of anilines is 1. The van der Waals surface area contributed by atoms with E-state index in [0.717, 1.165) is 16.9 Å². The van der Waals surface area contributed by atoms with E-state index in [-0.39, 0.29) is 5.91 Å². The molecule has 3 heterocycles. The summed E-state index contributed by atoms with van der Waals surface area (Å²) in [4.78, 5) is 24.5. The molecule has 0 radical (unpaired) electrons. The van der Waals surface area contributed by atoms with Gasteiger partial charge in [0.15, 0.2) is 0 Å². The van der Waals surface area contributed by atoms with E-state index >= 15 is 0 Å². The van der Waals surface area contributed by atoms with Gasteiger partial charge in [-0.3, -0.25) is 19.7 Å². The molecule has 3 aromatic heterocycles. The zero-order valence-corrected chi connectivity index (χ0v) is 13.0. The minimum Gasteiger partial charge on any atom is -0.379 e. The van der Waals surface area contributed by atoms with Crippen molar-refractivity contribution in [1.82, 2.24) is 20.3 Å². The van der Waals surface area contributed by atoms with Crippen molar-refractivity contribution in [1.29, 1.82) is 0 Å². The summed E-state index contributed by atoms with van der Waals surface area (Å²) in [5.41, 5.74) is 3.11. The molecule has 6 nitrogen and oxygen atoms in total. The van der Waals surface area contributed by atoms with Gasteiger partial charge in [-0.25, -0.2) is 0 Å². The van der Waals surface area contributed by atoms with Gasteiger partial charge in [0.1, 0.15) is 5.69 Å². The number of pyridine rings is 3. The van der Waals surface area contributed by atoms with Crippen LogP contribution in [0.5, 0.6) is 0 Å². The molecular weight excluding hydrogens is 302 g/mol. The van der Waals surface area contributed by atoms with Crippen molar-refractivity contribution >= 4 is 11.6 Å². The normalized spacial score (nSPS) is 10.2. The lowest BCUT2D eigenvalue weighted by Crippen LogP contribution is -2.23. The maximum absolute atomic E-state index is 12.2. The maximum atomic E-state index is 12.2. The molecule has 0 unspecified atom stereocenters. The van der Waals surface area contributed by atoms with Crippen LogP contribution >= 0.6 is 0 Å². The molecule has 0 aromatic carbocycles. The molecule has 0 saturated carbocycles. The quantitative estimate of drug-likeness (QED) is 0.729. The van der Waals surface area contributed by atoms with Crippen LogP contribution in [-0.4, -0.2) is 20.9 Å². The molecule has 0 aliphatic rings. The Hall–Kier alpha value is -3.28. The molecule has 0 aliphatic heterocycles. The largest absolute Gasteiger partial charge is 0.379 e. The molecule has 3 rings (SSSR count). The van der Waals surface area contributed by atoms with Crippen LogP contribution in [0.2, 0.25) is 0 Å². The molecule has 1 amide bonds. The Morgan fingerprint density at radius 2 is 1.79 bits per heavy atom. The van der Waals surface area contributed by atoms with E-state index in [0.29, 0.717) is 18.8 Å². The van der Waals surface area contributed by atoms with Crippen LogP contribution in [0.15, 0.2) is 67.3 Å². The number of carbonyl (C=O) groups is 1. The smallest absolute Gasteiger partial charge is 0.270 e. The highest BCUT2D eigenvalue weighted by Gasteiger charge is 2.07. The van der Waals surface area contributed by atoms with Gasteiger partial charge in [-0.1, -0.05) is 6.07 Å². The van der Waals surface area contributed by atoms with Crippen molar-refractivity contribution in [2.24, 2.45) is 0 Å². The summed E-state index contributed by atoms with van der Waals surface area (Å²) in [7, 11) is 0. The lowest BCUT2D eigenvalue weighted by Gasteiger charge is -2.08. The Kier molecular flexibility index (Phi) is 5.09. The zero-order valence-electron chi connectivity index (χ0n) is 13.0. The van der Waals surface area contributed by atoms with Crippen LogP contribution in [0.4, 0.5) is 5.69 Å². The van der Waals surface area contributed by atoms with Gasteiger partial charge < -0.3 is 10.6 Å². The molecule has 0 spiro atoms. The van der Waals surface area contributed by atoms with Crippen LogP contribution in [-0.2, 0) is 13.1 Å². The number of hydrogen-bond acceptors (Lipinski definition) is 5. The second-order valence-corrected chi connectivity index (χ2v) is 5.14. The Morgan fingerprint density at radius 1 is 0.917 bits per heavy atom. The number of nitrogens with one attached hydrogen (secondary N) is 2. The summed E-state index contributed by atoms with van der Waals surface area (Å²) < 4.78 is 0. The first-order valence-electron chi connectivity index (χ1n) is 7.58. The second kappa shape index (κ2) is 7.82. The van der Waals surface area contributed by atoms with Gasteiger partial charge in [-0.2, -0.15) is 0 Å². The summed E-state index contributed by atoms with van der Waals surface area (Å²) in [6, 6.07) is 13.0. The Labute approximate surface area is 140 Å². The highest BCUT2D eigenvalue weighted by atomic mass is 16.1. The molecule has 24 heavy (non-hydrogen) atoms.